The van der Waals surface area contributed by atoms with E-state index in [1.165, 1.54) is 17.7 Å². The van der Waals surface area contributed by atoms with E-state index < -0.39 is 30.0 Å². The van der Waals surface area contributed by atoms with Gasteiger partial charge < -0.3 is 25.4 Å². The van der Waals surface area contributed by atoms with Gasteiger partial charge in [-0.05, 0) is 66.4 Å². The summed E-state index contributed by atoms with van der Waals surface area (Å²) < 4.78 is 18.9. The van der Waals surface area contributed by atoms with Crippen molar-refractivity contribution in [3.05, 3.63) is 63.4 Å². The number of benzene rings is 2. The van der Waals surface area contributed by atoms with E-state index >= 15 is 0 Å². The number of carbonyl (C=O) groups is 2. The minimum atomic E-state index is -2.36. The summed E-state index contributed by atoms with van der Waals surface area (Å²) in [6, 6.07) is 7.28. The quantitative estimate of drug-likeness (QED) is 0.303. The van der Waals surface area contributed by atoms with E-state index in [1.54, 1.807) is 12.2 Å². The molecule has 0 aliphatic carbocycles. The van der Waals surface area contributed by atoms with Crippen molar-refractivity contribution in [2.45, 2.75) is 25.0 Å². The van der Waals surface area contributed by atoms with Crippen LogP contribution in [0.25, 0.3) is 12.2 Å². The summed E-state index contributed by atoms with van der Waals surface area (Å²) in [6.07, 6.45) is 0.374. The summed E-state index contributed by atoms with van der Waals surface area (Å²) in [4.78, 5) is 22.5. The van der Waals surface area contributed by atoms with Crippen LogP contribution in [0.5, 0.6) is 5.75 Å². The minimum absolute atomic E-state index is 0.247. The van der Waals surface area contributed by atoms with E-state index in [0.29, 0.717) is 10.6 Å². The fourth-order valence-corrected chi connectivity index (χ4v) is 3.55. The second-order valence-corrected chi connectivity index (χ2v) is 7.46. The lowest BCUT2D eigenvalue weighted by Gasteiger charge is -2.13. The van der Waals surface area contributed by atoms with Crippen LogP contribution in [0.1, 0.15) is 22.3 Å². The third-order valence-corrected chi connectivity index (χ3v) is 5.20. The average Bonchev–Trinajstić information content (AvgIpc) is 2.97. The Morgan fingerprint density at radius 1 is 1.10 bits per heavy atom. The molecule has 7 nitrogen and oxygen atoms in total. The Hall–Kier alpha value is -2.78. The van der Waals surface area contributed by atoms with Gasteiger partial charge in [-0.3, -0.25) is 0 Å². The maximum absolute atomic E-state index is 14.0. The van der Waals surface area contributed by atoms with E-state index in [2.05, 4.69) is 5.32 Å². The fraction of sp³-hybridized carbons (Fsp3) is 0.273. The number of carboxylic acid groups (broad SMARTS) is 1. The number of hydrogen-bond donors (Lipinski definition) is 4. The molecule has 0 spiro atoms. The highest BCUT2D eigenvalue weighted by atomic mass is 35.5. The number of aliphatic hydroxyl groups excluding tert-OH is 2. The lowest BCUT2D eigenvalue weighted by Crippen LogP contribution is -2.41. The molecule has 2 atom stereocenters. The van der Waals surface area contributed by atoms with Crippen molar-refractivity contribution in [2.75, 3.05) is 13.1 Å². The van der Waals surface area contributed by atoms with Crippen molar-refractivity contribution >= 4 is 35.7 Å². The van der Waals surface area contributed by atoms with Crippen molar-refractivity contribution in [2.24, 2.45) is 0 Å². The SMILES string of the molecule is O=C(O)[C@H](O)[C@@H](O)C(=O)Oc1cc(F)cc(/C=C\c2c(Cl)ccc3c2CCNCC3)c1. The Bertz CT molecular complexity index is 1030. The standard InChI is InChI=1S/C22H21ClFNO6/c23-18-4-2-13-5-7-25-8-6-16(13)17(18)3-1-12-9-14(24)11-15(10-12)31-22(30)20(27)19(26)21(28)29/h1-4,9-11,19-20,25-27H,5-8H2,(H,28,29)/b3-1-/t19-,20-/m1/s1. The van der Waals surface area contributed by atoms with Crippen LogP contribution in [0, 0.1) is 5.82 Å². The summed E-state index contributed by atoms with van der Waals surface area (Å²) in [6.45, 7) is 1.69. The zero-order chi connectivity index (χ0) is 22.5. The molecule has 0 saturated heterocycles. The largest absolute Gasteiger partial charge is 0.479 e. The molecule has 2 aromatic rings. The molecule has 3 rings (SSSR count). The third kappa shape index (κ3) is 5.68. The molecular formula is C22H21ClFNO6. The van der Waals surface area contributed by atoms with E-state index in [1.807, 2.05) is 12.1 Å². The van der Waals surface area contributed by atoms with Crippen LogP contribution < -0.4 is 10.1 Å². The Labute approximate surface area is 182 Å². The topological polar surface area (TPSA) is 116 Å². The molecule has 0 aromatic heterocycles. The lowest BCUT2D eigenvalue weighted by molar-refractivity contribution is -0.164. The second kappa shape index (κ2) is 10.0. The highest BCUT2D eigenvalue weighted by Crippen LogP contribution is 2.28. The molecular weight excluding hydrogens is 429 g/mol. The molecule has 164 valence electrons. The van der Waals surface area contributed by atoms with Crippen molar-refractivity contribution in [1.82, 2.24) is 5.32 Å². The molecule has 1 heterocycles. The molecule has 0 amide bonds. The number of carbonyl (C=O) groups excluding carboxylic acids is 1. The Balaban J connectivity index is 1.84. The first kappa shape index (κ1) is 22.9. The van der Waals surface area contributed by atoms with Crippen LogP contribution in [0.15, 0.2) is 30.3 Å². The van der Waals surface area contributed by atoms with Crippen LogP contribution in [0.3, 0.4) is 0 Å². The number of aliphatic carboxylic acids is 1. The van der Waals surface area contributed by atoms with Gasteiger partial charge in [0.15, 0.2) is 12.2 Å². The van der Waals surface area contributed by atoms with Crippen LogP contribution in [0.4, 0.5) is 4.39 Å². The van der Waals surface area contributed by atoms with Gasteiger partial charge in [0.2, 0.25) is 0 Å². The molecule has 1 aliphatic rings. The summed E-state index contributed by atoms with van der Waals surface area (Å²) in [7, 11) is 0. The number of ether oxygens (including phenoxy) is 1. The maximum Gasteiger partial charge on any atom is 0.343 e. The molecule has 0 bridgehead atoms. The van der Waals surface area contributed by atoms with Gasteiger partial charge in [0.25, 0.3) is 0 Å². The first-order valence-electron chi connectivity index (χ1n) is 9.56. The van der Waals surface area contributed by atoms with Crippen molar-refractivity contribution in [1.29, 1.82) is 0 Å². The highest BCUT2D eigenvalue weighted by Gasteiger charge is 2.31. The zero-order valence-corrected chi connectivity index (χ0v) is 17.1. The Kier molecular flexibility index (Phi) is 7.40. The van der Waals surface area contributed by atoms with Gasteiger partial charge in [0.05, 0.1) is 0 Å². The second-order valence-electron chi connectivity index (χ2n) is 7.05. The third-order valence-electron chi connectivity index (χ3n) is 4.87. The van der Waals surface area contributed by atoms with Gasteiger partial charge in [-0.25, -0.2) is 14.0 Å². The number of aliphatic hydroxyl groups is 2. The number of nitrogens with one attached hydrogen (secondary N) is 1. The number of esters is 1. The Morgan fingerprint density at radius 3 is 2.58 bits per heavy atom. The molecule has 0 saturated carbocycles. The maximum atomic E-state index is 14.0. The number of halogens is 2. The fourth-order valence-electron chi connectivity index (χ4n) is 3.31. The van der Waals surface area contributed by atoms with E-state index in [9.17, 15) is 24.2 Å². The van der Waals surface area contributed by atoms with Crippen LogP contribution in [-0.2, 0) is 22.4 Å². The summed E-state index contributed by atoms with van der Waals surface area (Å²) in [5, 5.41) is 31.3. The van der Waals surface area contributed by atoms with Crippen molar-refractivity contribution in [3.8, 4) is 5.75 Å². The van der Waals surface area contributed by atoms with Crippen molar-refractivity contribution < 1.29 is 34.0 Å². The van der Waals surface area contributed by atoms with Gasteiger partial charge in [-0.15, -0.1) is 0 Å². The summed E-state index contributed by atoms with van der Waals surface area (Å²) in [5.41, 5.74) is 3.48. The van der Waals surface area contributed by atoms with Crippen molar-refractivity contribution in [3.63, 3.8) is 0 Å². The predicted molar refractivity (Wildman–Crippen MR) is 112 cm³/mol. The smallest absolute Gasteiger partial charge is 0.343 e. The first-order valence-corrected chi connectivity index (χ1v) is 9.94. The minimum Gasteiger partial charge on any atom is -0.479 e. The van der Waals surface area contributed by atoms with E-state index in [0.717, 1.165) is 43.1 Å². The molecule has 0 fully saturated rings. The highest BCUT2D eigenvalue weighted by molar-refractivity contribution is 6.32. The van der Waals surface area contributed by atoms with Crippen LogP contribution >= 0.6 is 11.6 Å². The first-order chi connectivity index (χ1) is 14.8. The van der Waals surface area contributed by atoms with Gasteiger partial charge in [-0.1, -0.05) is 29.8 Å². The van der Waals surface area contributed by atoms with Gasteiger partial charge in [-0.2, -0.15) is 0 Å². The molecule has 0 unspecified atom stereocenters. The van der Waals surface area contributed by atoms with Crippen LogP contribution in [0.2, 0.25) is 5.02 Å². The van der Waals surface area contributed by atoms with Crippen LogP contribution in [-0.4, -0.2) is 52.6 Å². The number of fused-ring (bicyclic) bond motifs is 1. The van der Waals surface area contributed by atoms with Gasteiger partial charge in [0, 0.05) is 11.1 Å². The molecule has 31 heavy (non-hydrogen) atoms. The number of hydrogen-bond acceptors (Lipinski definition) is 6. The van der Waals surface area contributed by atoms with E-state index in [-0.39, 0.29) is 5.75 Å². The predicted octanol–water partition coefficient (Wildman–Crippen LogP) is 2.05. The average molecular weight is 450 g/mol. The number of rotatable bonds is 6. The molecule has 0 radical (unpaired) electrons. The van der Waals surface area contributed by atoms with Gasteiger partial charge >= 0.3 is 11.9 Å². The lowest BCUT2D eigenvalue weighted by atomic mass is 9.96. The summed E-state index contributed by atoms with van der Waals surface area (Å²) in [5.74, 6) is -4.16. The number of carboxylic acids is 1. The zero-order valence-electron chi connectivity index (χ0n) is 16.3. The molecule has 4 N–H and O–H groups in total. The molecule has 1 aliphatic heterocycles. The summed E-state index contributed by atoms with van der Waals surface area (Å²) >= 11 is 6.39. The normalized spacial score (nSPS) is 15.7. The molecule has 9 heteroatoms. The monoisotopic (exact) mass is 449 g/mol. The molecule has 2 aromatic carbocycles. The van der Waals surface area contributed by atoms with Gasteiger partial charge in [0.1, 0.15) is 11.6 Å². The van der Waals surface area contributed by atoms with E-state index in [4.69, 9.17) is 21.4 Å². The Morgan fingerprint density at radius 2 is 1.84 bits per heavy atom.